The first-order chi connectivity index (χ1) is 7.63. The van der Waals surface area contributed by atoms with E-state index in [0.717, 1.165) is 5.56 Å². The molecule has 0 unspecified atom stereocenters. The summed E-state index contributed by atoms with van der Waals surface area (Å²) in [5, 5.41) is 16.8. The lowest BCUT2D eigenvalue weighted by Gasteiger charge is -2.04. The van der Waals surface area contributed by atoms with Crippen molar-refractivity contribution in [3.05, 3.63) is 35.4 Å². The second kappa shape index (κ2) is 4.02. The number of benzene rings is 1. The number of aliphatic hydroxyl groups excluding tert-OH is 1. The van der Waals surface area contributed by atoms with Crippen molar-refractivity contribution in [3.63, 3.8) is 0 Å². The fourth-order valence-corrected chi connectivity index (χ4v) is 1.53. The Hall–Kier alpha value is -1.75. The fraction of sp³-hybridized carbons (Fsp3) is 0.273. The predicted molar refractivity (Wildman–Crippen MR) is 57.1 cm³/mol. The van der Waals surface area contributed by atoms with Gasteiger partial charge in [-0.1, -0.05) is 0 Å². The minimum absolute atomic E-state index is 0.163. The lowest BCUT2D eigenvalue weighted by Crippen LogP contribution is -1.99. The summed E-state index contributed by atoms with van der Waals surface area (Å²) in [7, 11) is 1.76. The summed E-state index contributed by atoms with van der Waals surface area (Å²) in [6, 6.07) is 4.76. The molecule has 16 heavy (non-hydrogen) atoms. The van der Waals surface area contributed by atoms with Gasteiger partial charge in [-0.3, -0.25) is 0 Å². The van der Waals surface area contributed by atoms with Crippen LogP contribution in [-0.2, 0) is 13.7 Å². The Bertz CT molecular complexity index is 522. The molecule has 84 valence electrons. The van der Waals surface area contributed by atoms with Gasteiger partial charge in [0.2, 0.25) is 0 Å². The van der Waals surface area contributed by atoms with E-state index >= 15 is 0 Å². The van der Waals surface area contributed by atoms with Gasteiger partial charge >= 0.3 is 0 Å². The van der Waals surface area contributed by atoms with Crippen molar-refractivity contribution in [2.75, 3.05) is 0 Å². The zero-order chi connectivity index (χ0) is 11.7. The summed E-state index contributed by atoms with van der Waals surface area (Å²) in [6.07, 6.45) is 0. The number of aryl methyl sites for hydroxylation is 1. The van der Waals surface area contributed by atoms with Gasteiger partial charge in [-0.15, -0.1) is 10.2 Å². The fourth-order valence-electron chi connectivity index (χ4n) is 1.53. The number of rotatable bonds is 2. The van der Waals surface area contributed by atoms with E-state index in [1.54, 1.807) is 30.7 Å². The third-order valence-electron chi connectivity index (χ3n) is 2.52. The molecule has 5 heteroatoms. The van der Waals surface area contributed by atoms with Gasteiger partial charge in [0.05, 0.1) is 0 Å². The lowest BCUT2D eigenvalue weighted by atomic mass is 10.1. The second-order valence-corrected chi connectivity index (χ2v) is 3.62. The van der Waals surface area contributed by atoms with Crippen LogP contribution in [0.3, 0.4) is 0 Å². The van der Waals surface area contributed by atoms with Crippen LogP contribution in [0, 0.1) is 12.7 Å². The Kier molecular flexibility index (Phi) is 2.70. The van der Waals surface area contributed by atoms with Crippen LogP contribution < -0.4 is 0 Å². The lowest BCUT2D eigenvalue weighted by molar-refractivity contribution is 0.267. The van der Waals surface area contributed by atoms with Crippen molar-refractivity contribution in [2.24, 2.45) is 7.05 Å². The van der Waals surface area contributed by atoms with E-state index < -0.39 is 0 Å². The predicted octanol–water partition coefficient (Wildman–Crippen LogP) is 1.42. The summed E-state index contributed by atoms with van der Waals surface area (Å²) in [5.74, 6) is 0.859. The van der Waals surface area contributed by atoms with Crippen LogP contribution in [0.5, 0.6) is 0 Å². The third kappa shape index (κ3) is 1.69. The molecule has 0 aliphatic heterocycles. The minimum Gasteiger partial charge on any atom is -0.388 e. The number of hydrogen-bond donors (Lipinski definition) is 1. The van der Waals surface area contributed by atoms with Crippen LogP contribution in [0.1, 0.15) is 11.4 Å². The normalized spacial score (nSPS) is 10.8. The van der Waals surface area contributed by atoms with Crippen molar-refractivity contribution in [2.45, 2.75) is 13.5 Å². The first-order valence-corrected chi connectivity index (χ1v) is 4.89. The highest BCUT2D eigenvalue weighted by molar-refractivity contribution is 5.56. The quantitative estimate of drug-likeness (QED) is 0.834. The minimum atomic E-state index is -0.242. The van der Waals surface area contributed by atoms with E-state index in [9.17, 15) is 4.39 Å². The van der Waals surface area contributed by atoms with Crippen LogP contribution in [0.25, 0.3) is 11.4 Å². The van der Waals surface area contributed by atoms with E-state index in [4.69, 9.17) is 5.11 Å². The molecule has 0 fully saturated rings. The number of aliphatic hydroxyl groups is 1. The first-order valence-electron chi connectivity index (χ1n) is 4.89. The van der Waals surface area contributed by atoms with Gasteiger partial charge in [0.25, 0.3) is 0 Å². The van der Waals surface area contributed by atoms with Crippen molar-refractivity contribution >= 4 is 0 Å². The van der Waals surface area contributed by atoms with Crippen molar-refractivity contribution in [3.8, 4) is 11.4 Å². The van der Waals surface area contributed by atoms with Gasteiger partial charge < -0.3 is 9.67 Å². The highest BCUT2D eigenvalue weighted by Gasteiger charge is 2.10. The number of aromatic nitrogens is 3. The highest BCUT2D eigenvalue weighted by atomic mass is 19.1. The maximum Gasteiger partial charge on any atom is 0.163 e. The summed E-state index contributed by atoms with van der Waals surface area (Å²) in [6.45, 7) is 1.53. The molecule has 0 bridgehead atoms. The zero-order valence-electron chi connectivity index (χ0n) is 9.11. The van der Waals surface area contributed by atoms with Gasteiger partial charge in [-0.25, -0.2) is 4.39 Å². The molecule has 1 heterocycles. The van der Waals surface area contributed by atoms with Gasteiger partial charge in [-0.2, -0.15) is 0 Å². The molecule has 2 rings (SSSR count). The molecule has 1 aromatic heterocycles. The number of hydrogen-bond acceptors (Lipinski definition) is 3. The topological polar surface area (TPSA) is 50.9 Å². The molecular weight excluding hydrogens is 209 g/mol. The molecule has 0 amide bonds. The van der Waals surface area contributed by atoms with Crippen LogP contribution in [0.15, 0.2) is 18.2 Å². The van der Waals surface area contributed by atoms with Crippen LogP contribution >= 0.6 is 0 Å². The Labute approximate surface area is 92.4 Å². The summed E-state index contributed by atoms with van der Waals surface area (Å²) >= 11 is 0. The molecule has 0 radical (unpaired) electrons. The Balaban J connectivity index is 2.50. The zero-order valence-corrected chi connectivity index (χ0v) is 9.11. The third-order valence-corrected chi connectivity index (χ3v) is 2.52. The van der Waals surface area contributed by atoms with Crippen LogP contribution in [0.2, 0.25) is 0 Å². The summed E-state index contributed by atoms with van der Waals surface area (Å²) in [4.78, 5) is 0. The first kappa shape index (κ1) is 10.8. The Morgan fingerprint density at radius 3 is 2.69 bits per heavy atom. The number of nitrogens with zero attached hydrogens (tertiary/aromatic N) is 3. The van der Waals surface area contributed by atoms with Gasteiger partial charge in [0.1, 0.15) is 12.4 Å². The van der Waals surface area contributed by atoms with Crippen molar-refractivity contribution < 1.29 is 9.50 Å². The van der Waals surface area contributed by atoms with Crippen molar-refractivity contribution in [1.29, 1.82) is 0 Å². The molecule has 1 N–H and O–H groups in total. The molecule has 4 nitrogen and oxygen atoms in total. The number of halogens is 1. The standard InChI is InChI=1S/C11H12FN3O/c1-7-5-8(3-4-9(7)12)11-14-13-10(6-16)15(11)2/h3-5,16H,6H2,1-2H3. The van der Waals surface area contributed by atoms with Gasteiger partial charge in [0.15, 0.2) is 11.6 Å². The molecule has 0 aliphatic rings. The average Bonchev–Trinajstić information content (AvgIpc) is 2.64. The van der Waals surface area contributed by atoms with E-state index in [2.05, 4.69) is 10.2 Å². The SMILES string of the molecule is Cc1cc(-c2nnc(CO)n2C)ccc1F. The smallest absolute Gasteiger partial charge is 0.163 e. The molecule has 2 aromatic rings. The highest BCUT2D eigenvalue weighted by Crippen LogP contribution is 2.20. The maximum absolute atomic E-state index is 13.1. The van der Waals surface area contributed by atoms with E-state index in [0.29, 0.717) is 17.2 Å². The monoisotopic (exact) mass is 221 g/mol. The summed E-state index contributed by atoms with van der Waals surface area (Å²) in [5.41, 5.74) is 1.35. The average molecular weight is 221 g/mol. The van der Waals surface area contributed by atoms with Gasteiger partial charge in [0, 0.05) is 12.6 Å². The van der Waals surface area contributed by atoms with E-state index in [-0.39, 0.29) is 12.4 Å². The van der Waals surface area contributed by atoms with Crippen LogP contribution in [0.4, 0.5) is 4.39 Å². The van der Waals surface area contributed by atoms with Gasteiger partial charge in [-0.05, 0) is 30.7 Å². The molecule has 1 aromatic carbocycles. The van der Waals surface area contributed by atoms with E-state index in [1.165, 1.54) is 6.07 Å². The molecule has 0 spiro atoms. The maximum atomic E-state index is 13.1. The van der Waals surface area contributed by atoms with E-state index in [1.807, 2.05) is 0 Å². The molecular formula is C11H12FN3O. The van der Waals surface area contributed by atoms with Crippen molar-refractivity contribution in [1.82, 2.24) is 14.8 Å². The Morgan fingerprint density at radius 1 is 1.38 bits per heavy atom. The summed E-state index contributed by atoms with van der Waals surface area (Å²) < 4.78 is 14.8. The molecule has 0 saturated heterocycles. The molecule has 0 aliphatic carbocycles. The Morgan fingerprint density at radius 2 is 2.12 bits per heavy atom. The molecule has 0 saturated carbocycles. The molecule has 0 atom stereocenters. The largest absolute Gasteiger partial charge is 0.388 e. The second-order valence-electron chi connectivity index (χ2n) is 3.62. The van der Waals surface area contributed by atoms with Crippen LogP contribution in [-0.4, -0.2) is 19.9 Å².